The van der Waals surface area contributed by atoms with Gasteiger partial charge in [-0.05, 0) is 34.5 Å². The molecule has 1 rings (SSSR count). The molecular weight excluding hydrogens is 298 g/mol. The van der Waals surface area contributed by atoms with Crippen LogP contribution >= 0.6 is 15.9 Å². The van der Waals surface area contributed by atoms with Crippen LogP contribution in [0.2, 0.25) is 0 Å². The molecule has 1 amide bonds. The second-order valence-electron chi connectivity index (χ2n) is 3.71. The molecule has 4 nitrogen and oxygen atoms in total. The minimum atomic E-state index is -1.15. The van der Waals surface area contributed by atoms with E-state index in [-0.39, 0.29) is 6.42 Å². The van der Waals surface area contributed by atoms with Gasteiger partial charge in [0, 0.05) is 10.9 Å². The number of carbonyl (C=O) groups is 2. The normalized spacial score (nSPS) is 11.4. The van der Waals surface area contributed by atoms with E-state index >= 15 is 0 Å². The molecule has 0 heterocycles. The molecule has 94 valence electrons. The van der Waals surface area contributed by atoms with Gasteiger partial charge in [0.15, 0.2) is 0 Å². The fraction of sp³-hybridized carbons (Fsp3) is 0.231. The number of carbonyl (C=O) groups excluding carboxylic acids is 1. The maximum absolute atomic E-state index is 11.9. The molecule has 1 aromatic carbocycles. The fourth-order valence-electron chi connectivity index (χ4n) is 1.38. The van der Waals surface area contributed by atoms with Crippen LogP contribution in [0.5, 0.6) is 0 Å². The topological polar surface area (TPSA) is 66.4 Å². The minimum Gasteiger partial charge on any atom is -0.480 e. The van der Waals surface area contributed by atoms with Crippen LogP contribution in [0.25, 0.3) is 0 Å². The van der Waals surface area contributed by atoms with E-state index in [0.29, 0.717) is 10.0 Å². The Kier molecular flexibility index (Phi) is 4.93. The number of carboxylic acid groups (broad SMARTS) is 1. The zero-order chi connectivity index (χ0) is 13.7. The number of hydrogen-bond acceptors (Lipinski definition) is 2. The Bertz CT molecular complexity index is 519. The maximum Gasteiger partial charge on any atom is 0.327 e. The van der Waals surface area contributed by atoms with Crippen LogP contribution in [-0.2, 0) is 4.79 Å². The number of nitrogens with one attached hydrogen (secondary N) is 1. The number of aryl methyl sites for hydroxylation is 1. The summed E-state index contributed by atoms with van der Waals surface area (Å²) in [4.78, 5) is 22.8. The summed E-state index contributed by atoms with van der Waals surface area (Å²) in [6.45, 7) is 1.84. The van der Waals surface area contributed by atoms with Crippen molar-refractivity contribution in [3.63, 3.8) is 0 Å². The number of hydrogen-bond donors (Lipinski definition) is 2. The van der Waals surface area contributed by atoms with Gasteiger partial charge in [0.2, 0.25) is 0 Å². The average molecular weight is 310 g/mol. The van der Waals surface area contributed by atoms with Gasteiger partial charge in [-0.2, -0.15) is 0 Å². The van der Waals surface area contributed by atoms with Crippen LogP contribution < -0.4 is 5.32 Å². The number of terminal acetylenes is 1. The van der Waals surface area contributed by atoms with Crippen molar-refractivity contribution < 1.29 is 14.7 Å². The average Bonchev–Trinajstić information content (AvgIpc) is 2.31. The van der Waals surface area contributed by atoms with Crippen molar-refractivity contribution in [3.05, 3.63) is 33.8 Å². The third kappa shape index (κ3) is 3.34. The van der Waals surface area contributed by atoms with Gasteiger partial charge in [0.25, 0.3) is 5.91 Å². The first-order valence-electron chi connectivity index (χ1n) is 5.19. The van der Waals surface area contributed by atoms with Gasteiger partial charge in [0.05, 0.1) is 5.56 Å². The van der Waals surface area contributed by atoms with Gasteiger partial charge >= 0.3 is 5.97 Å². The molecule has 1 atom stereocenters. The number of aliphatic carboxylic acids is 1. The Morgan fingerprint density at radius 1 is 1.56 bits per heavy atom. The molecule has 18 heavy (non-hydrogen) atoms. The first-order valence-corrected chi connectivity index (χ1v) is 5.99. The Hall–Kier alpha value is -1.80. The van der Waals surface area contributed by atoms with E-state index < -0.39 is 17.9 Å². The van der Waals surface area contributed by atoms with Gasteiger partial charge in [0.1, 0.15) is 6.04 Å². The number of halogens is 1. The number of carboxylic acids is 1. The molecule has 0 bridgehead atoms. The van der Waals surface area contributed by atoms with Crippen LogP contribution in [0, 0.1) is 19.3 Å². The maximum atomic E-state index is 11.9. The van der Waals surface area contributed by atoms with Gasteiger partial charge in [-0.25, -0.2) is 4.79 Å². The van der Waals surface area contributed by atoms with E-state index in [4.69, 9.17) is 11.5 Å². The Labute approximate surface area is 114 Å². The molecule has 0 spiro atoms. The number of rotatable bonds is 4. The van der Waals surface area contributed by atoms with E-state index in [1.165, 1.54) is 0 Å². The summed E-state index contributed by atoms with van der Waals surface area (Å²) < 4.78 is 0.646. The van der Waals surface area contributed by atoms with Crippen molar-refractivity contribution in [2.45, 2.75) is 19.4 Å². The summed E-state index contributed by atoms with van der Waals surface area (Å²) in [7, 11) is 0. The summed E-state index contributed by atoms with van der Waals surface area (Å²) in [6, 6.07) is 4.11. The second-order valence-corrected chi connectivity index (χ2v) is 4.50. The lowest BCUT2D eigenvalue weighted by atomic mass is 10.1. The standard InChI is InChI=1S/C13H12BrNO3/c1-3-5-10(13(17)18)15-12(16)9-7-4-6-8(2)11(9)14/h1,4,6-7,10H,5H2,2H3,(H,15,16)(H,17,18). The molecule has 0 aromatic heterocycles. The first kappa shape index (κ1) is 14.3. The van der Waals surface area contributed by atoms with Crippen molar-refractivity contribution >= 4 is 27.8 Å². The number of benzene rings is 1. The van der Waals surface area contributed by atoms with E-state index in [0.717, 1.165) is 5.56 Å². The Balaban J connectivity index is 2.91. The summed E-state index contributed by atoms with van der Waals surface area (Å²) in [6.07, 6.45) is 5.01. The highest BCUT2D eigenvalue weighted by atomic mass is 79.9. The predicted octanol–water partition coefficient (Wildman–Crippen LogP) is 1.96. The molecule has 0 aliphatic carbocycles. The summed E-state index contributed by atoms with van der Waals surface area (Å²) in [5.41, 5.74) is 1.28. The lowest BCUT2D eigenvalue weighted by Gasteiger charge is -2.13. The van der Waals surface area contributed by atoms with Crippen LogP contribution in [0.15, 0.2) is 22.7 Å². The van der Waals surface area contributed by atoms with E-state index in [9.17, 15) is 9.59 Å². The molecule has 5 heteroatoms. The fourth-order valence-corrected chi connectivity index (χ4v) is 1.82. The lowest BCUT2D eigenvalue weighted by molar-refractivity contribution is -0.139. The molecule has 0 radical (unpaired) electrons. The largest absolute Gasteiger partial charge is 0.480 e. The van der Waals surface area contributed by atoms with Gasteiger partial charge in [-0.1, -0.05) is 12.1 Å². The van der Waals surface area contributed by atoms with E-state index in [2.05, 4.69) is 27.2 Å². The molecule has 0 saturated carbocycles. The monoisotopic (exact) mass is 309 g/mol. The quantitative estimate of drug-likeness (QED) is 0.836. The number of amides is 1. The summed E-state index contributed by atoms with van der Waals surface area (Å²) in [5, 5.41) is 11.3. The van der Waals surface area contributed by atoms with Crippen molar-refractivity contribution in [1.29, 1.82) is 0 Å². The minimum absolute atomic E-state index is 0.0511. The van der Waals surface area contributed by atoms with Crippen molar-refractivity contribution in [1.82, 2.24) is 5.32 Å². The highest BCUT2D eigenvalue weighted by molar-refractivity contribution is 9.10. The van der Waals surface area contributed by atoms with Gasteiger partial charge < -0.3 is 10.4 Å². The summed E-state index contributed by atoms with van der Waals surface area (Å²) in [5.74, 6) is 0.612. The van der Waals surface area contributed by atoms with Gasteiger partial charge in [-0.15, -0.1) is 12.3 Å². The van der Waals surface area contributed by atoms with Crippen LogP contribution in [0.1, 0.15) is 22.3 Å². The van der Waals surface area contributed by atoms with Crippen LogP contribution in [-0.4, -0.2) is 23.0 Å². The third-order valence-electron chi connectivity index (χ3n) is 2.36. The van der Waals surface area contributed by atoms with Crippen LogP contribution in [0.3, 0.4) is 0 Å². The molecule has 1 aromatic rings. The molecule has 0 saturated heterocycles. The highest BCUT2D eigenvalue weighted by Crippen LogP contribution is 2.21. The Morgan fingerprint density at radius 2 is 2.22 bits per heavy atom. The highest BCUT2D eigenvalue weighted by Gasteiger charge is 2.20. The first-order chi connectivity index (χ1) is 8.47. The SMILES string of the molecule is C#CCC(NC(=O)c1cccc(C)c1Br)C(=O)O. The van der Waals surface area contributed by atoms with Crippen molar-refractivity contribution in [2.24, 2.45) is 0 Å². The summed E-state index contributed by atoms with van der Waals surface area (Å²) >= 11 is 3.30. The van der Waals surface area contributed by atoms with Crippen molar-refractivity contribution in [3.8, 4) is 12.3 Å². The zero-order valence-corrected chi connectivity index (χ0v) is 11.3. The zero-order valence-electron chi connectivity index (χ0n) is 9.74. The van der Waals surface area contributed by atoms with Crippen molar-refractivity contribution in [2.75, 3.05) is 0 Å². The molecule has 0 aliphatic rings. The van der Waals surface area contributed by atoms with E-state index in [1.807, 2.05) is 13.0 Å². The second kappa shape index (κ2) is 6.22. The molecule has 2 N–H and O–H groups in total. The van der Waals surface area contributed by atoms with Gasteiger partial charge in [-0.3, -0.25) is 4.79 Å². The lowest BCUT2D eigenvalue weighted by Crippen LogP contribution is -2.40. The Morgan fingerprint density at radius 3 is 2.78 bits per heavy atom. The van der Waals surface area contributed by atoms with Crippen LogP contribution in [0.4, 0.5) is 0 Å². The molecule has 1 unspecified atom stereocenters. The third-order valence-corrected chi connectivity index (χ3v) is 3.41. The van der Waals surface area contributed by atoms with E-state index in [1.54, 1.807) is 12.1 Å². The molecule has 0 aliphatic heterocycles. The molecular formula is C13H12BrNO3. The predicted molar refractivity (Wildman–Crippen MR) is 71.2 cm³/mol. The molecule has 0 fully saturated rings. The smallest absolute Gasteiger partial charge is 0.327 e.